The molecular formula is C25H33N5O. The van der Waals surface area contributed by atoms with Crippen molar-refractivity contribution < 1.29 is 4.79 Å². The average molecular weight is 420 g/mol. The number of hydrogen-bond acceptors (Lipinski definition) is 4. The van der Waals surface area contributed by atoms with Crippen molar-refractivity contribution in [3.05, 3.63) is 71.7 Å². The standard InChI is InChI=1S/C25H33N5O/c1-4-5-14-28(3)25(31)24-22(30-15-10-9-13-23(30)26-24)19-29-17-16-27(2)21(18-29)20-11-7-6-8-12-20/h6-13,15,21H,4-5,14,16-19H2,1-3H3/t21-/m1/s1. The van der Waals surface area contributed by atoms with Crippen LogP contribution >= 0.6 is 0 Å². The number of amides is 1. The molecule has 1 aromatic carbocycles. The van der Waals surface area contributed by atoms with Gasteiger partial charge in [-0.3, -0.25) is 14.6 Å². The molecule has 3 heterocycles. The molecule has 0 N–H and O–H groups in total. The van der Waals surface area contributed by atoms with Crippen LogP contribution in [0.2, 0.25) is 0 Å². The molecule has 164 valence electrons. The first-order valence-electron chi connectivity index (χ1n) is 11.3. The molecule has 6 heteroatoms. The molecule has 1 saturated heterocycles. The first-order valence-corrected chi connectivity index (χ1v) is 11.3. The second-order valence-electron chi connectivity index (χ2n) is 8.56. The van der Waals surface area contributed by atoms with Crippen molar-refractivity contribution in [1.29, 1.82) is 0 Å². The third kappa shape index (κ3) is 4.65. The van der Waals surface area contributed by atoms with Crippen LogP contribution in [0.25, 0.3) is 5.65 Å². The second kappa shape index (κ2) is 9.62. The smallest absolute Gasteiger partial charge is 0.274 e. The van der Waals surface area contributed by atoms with E-state index in [-0.39, 0.29) is 5.91 Å². The zero-order chi connectivity index (χ0) is 21.8. The summed E-state index contributed by atoms with van der Waals surface area (Å²) in [4.78, 5) is 24.7. The molecule has 0 aliphatic carbocycles. The van der Waals surface area contributed by atoms with Gasteiger partial charge in [-0.05, 0) is 31.2 Å². The quantitative estimate of drug-likeness (QED) is 0.586. The van der Waals surface area contributed by atoms with Crippen molar-refractivity contribution in [2.75, 3.05) is 40.3 Å². The van der Waals surface area contributed by atoms with E-state index in [0.717, 1.165) is 50.4 Å². The largest absolute Gasteiger partial charge is 0.340 e. The van der Waals surface area contributed by atoms with Crippen molar-refractivity contribution in [3.8, 4) is 0 Å². The molecule has 0 bridgehead atoms. The number of piperazine rings is 1. The van der Waals surface area contributed by atoms with Crippen LogP contribution in [0.4, 0.5) is 0 Å². The first-order chi connectivity index (χ1) is 15.1. The SMILES string of the molecule is CCCCN(C)C(=O)c1nc2ccccn2c1CN1CCN(C)[C@@H](c2ccccc2)C1. The molecule has 6 nitrogen and oxygen atoms in total. The van der Waals surface area contributed by atoms with Crippen LogP contribution in [-0.2, 0) is 6.54 Å². The van der Waals surface area contributed by atoms with Gasteiger partial charge in [-0.2, -0.15) is 0 Å². The van der Waals surface area contributed by atoms with E-state index in [4.69, 9.17) is 4.98 Å². The fourth-order valence-corrected chi connectivity index (χ4v) is 4.37. The fraction of sp³-hybridized carbons (Fsp3) is 0.440. The minimum Gasteiger partial charge on any atom is -0.340 e. The fourth-order valence-electron chi connectivity index (χ4n) is 4.37. The van der Waals surface area contributed by atoms with Crippen molar-refractivity contribution in [3.63, 3.8) is 0 Å². The molecule has 4 rings (SSSR count). The summed E-state index contributed by atoms with van der Waals surface area (Å²) in [6.07, 6.45) is 4.09. The third-order valence-electron chi connectivity index (χ3n) is 6.32. The number of benzene rings is 1. The number of imidazole rings is 1. The zero-order valence-corrected chi connectivity index (χ0v) is 18.9. The topological polar surface area (TPSA) is 44.1 Å². The van der Waals surface area contributed by atoms with Crippen molar-refractivity contribution in [1.82, 2.24) is 24.1 Å². The van der Waals surface area contributed by atoms with Gasteiger partial charge in [0.2, 0.25) is 0 Å². The minimum atomic E-state index is 0.0147. The van der Waals surface area contributed by atoms with Crippen molar-refractivity contribution in [2.24, 2.45) is 0 Å². The molecule has 3 aromatic rings. The van der Waals surface area contributed by atoms with Gasteiger partial charge >= 0.3 is 0 Å². The molecule has 1 fully saturated rings. The Balaban J connectivity index is 1.61. The van der Waals surface area contributed by atoms with Crippen molar-refractivity contribution in [2.45, 2.75) is 32.4 Å². The van der Waals surface area contributed by atoms with Gasteiger partial charge < -0.3 is 9.30 Å². The lowest BCUT2D eigenvalue weighted by atomic mass is 10.0. The summed E-state index contributed by atoms with van der Waals surface area (Å²) < 4.78 is 2.08. The summed E-state index contributed by atoms with van der Waals surface area (Å²) in [5.74, 6) is 0.0147. The lowest BCUT2D eigenvalue weighted by Gasteiger charge is -2.39. The molecule has 0 spiro atoms. The summed E-state index contributed by atoms with van der Waals surface area (Å²) in [6, 6.07) is 17.0. The van der Waals surface area contributed by atoms with Crippen LogP contribution < -0.4 is 0 Å². The molecule has 31 heavy (non-hydrogen) atoms. The van der Waals surface area contributed by atoms with Gasteiger partial charge in [0.15, 0.2) is 5.69 Å². The van der Waals surface area contributed by atoms with E-state index in [2.05, 4.69) is 58.5 Å². The van der Waals surface area contributed by atoms with E-state index in [0.29, 0.717) is 18.3 Å². The number of carbonyl (C=O) groups is 1. The maximum Gasteiger partial charge on any atom is 0.274 e. The predicted molar refractivity (Wildman–Crippen MR) is 124 cm³/mol. The maximum absolute atomic E-state index is 13.2. The predicted octanol–water partition coefficient (Wildman–Crippen LogP) is 3.70. The molecule has 1 atom stereocenters. The van der Waals surface area contributed by atoms with E-state index >= 15 is 0 Å². The van der Waals surface area contributed by atoms with Crippen LogP contribution in [0.1, 0.15) is 47.6 Å². The molecule has 0 radical (unpaired) electrons. The van der Waals surface area contributed by atoms with Crippen LogP contribution in [0.3, 0.4) is 0 Å². The molecule has 1 amide bonds. The third-order valence-corrected chi connectivity index (χ3v) is 6.32. The summed E-state index contributed by atoms with van der Waals surface area (Å²) in [5.41, 5.74) is 3.74. The number of aromatic nitrogens is 2. The van der Waals surface area contributed by atoms with Crippen molar-refractivity contribution >= 4 is 11.6 Å². The highest BCUT2D eigenvalue weighted by atomic mass is 16.2. The minimum absolute atomic E-state index is 0.0147. The maximum atomic E-state index is 13.2. The van der Waals surface area contributed by atoms with Crippen LogP contribution in [0, 0.1) is 0 Å². The first kappa shape index (κ1) is 21.5. The van der Waals surface area contributed by atoms with E-state index in [1.807, 2.05) is 36.3 Å². The Morgan fingerprint density at radius 2 is 1.90 bits per heavy atom. The molecular weight excluding hydrogens is 386 g/mol. The number of pyridine rings is 1. The molecule has 1 aliphatic heterocycles. The highest BCUT2D eigenvalue weighted by molar-refractivity contribution is 5.94. The van der Waals surface area contributed by atoms with Gasteiger partial charge in [0.05, 0.1) is 5.69 Å². The van der Waals surface area contributed by atoms with E-state index < -0.39 is 0 Å². The number of nitrogens with zero attached hydrogens (tertiary/aromatic N) is 5. The molecule has 0 saturated carbocycles. The highest BCUT2D eigenvalue weighted by Gasteiger charge is 2.28. The summed E-state index contributed by atoms with van der Waals surface area (Å²) in [7, 11) is 4.08. The Morgan fingerprint density at radius 1 is 1.13 bits per heavy atom. The Kier molecular flexibility index (Phi) is 6.68. The number of likely N-dealkylation sites (N-methyl/N-ethyl adjacent to an activating group) is 1. The number of unbranched alkanes of at least 4 members (excludes halogenated alkanes) is 1. The van der Waals surface area contributed by atoms with Crippen LogP contribution in [0.5, 0.6) is 0 Å². The van der Waals surface area contributed by atoms with Gasteiger partial charge in [0.25, 0.3) is 5.91 Å². The van der Waals surface area contributed by atoms with E-state index in [1.165, 1.54) is 5.56 Å². The van der Waals surface area contributed by atoms with Gasteiger partial charge in [-0.15, -0.1) is 0 Å². The van der Waals surface area contributed by atoms with Crippen LogP contribution in [0.15, 0.2) is 54.7 Å². The zero-order valence-electron chi connectivity index (χ0n) is 18.9. The summed E-state index contributed by atoms with van der Waals surface area (Å²) >= 11 is 0. The Morgan fingerprint density at radius 3 is 2.68 bits per heavy atom. The molecule has 0 unspecified atom stereocenters. The monoisotopic (exact) mass is 419 g/mol. The van der Waals surface area contributed by atoms with Gasteiger partial charge in [-0.25, -0.2) is 4.98 Å². The Bertz CT molecular complexity index is 1020. The Hall–Kier alpha value is -2.70. The average Bonchev–Trinajstić information content (AvgIpc) is 3.17. The van der Waals surface area contributed by atoms with Gasteiger partial charge in [-0.1, -0.05) is 49.7 Å². The van der Waals surface area contributed by atoms with Gasteiger partial charge in [0, 0.05) is 52.0 Å². The number of rotatable bonds is 7. The van der Waals surface area contributed by atoms with Gasteiger partial charge in [0.1, 0.15) is 5.65 Å². The summed E-state index contributed by atoms with van der Waals surface area (Å²) in [6.45, 7) is 6.51. The molecule has 1 aliphatic rings. The Labute approximate surface area is 185 Å². The lowest BCUT2D eigenvalue weighted by molar-refractivity contribution is 0.0773. The number of hydrogen-bond donors (Lipinski definition) is 0. The number of carbonyl (C=O) groups excluding carboxylic acids is 1. The van der Waals surface area contributed by atoms with E-state index in [9.17, 15) is 4.79 Å². The summed E-state index contributed by atoms with van der Waals surface area (Å²) in [5, 5.41) is 0. The lowest BCUT2D eigenvalue weighted by Crippen LogP contribution is -2.46. The number of fused-ring (bicyclic) bond motifs is 1. The normalized spacial score (nSPS) is 17.8. The highest BCUT2D eigenvalue weighted by Crippen LogP contribution is 2.26. The van der Waals surface area contributed by atoms with E-state index in [1.54, 1.807) is 0 Å². The van der Waals surface area contributed by atoms with Crippen LogP contribution in [-0.4, -0.2) is 70.3 Å². The second-order valence-corrected chi connectivity index (χ2v) is 8.56. The molecule has 2 aromatic heterocycles.